The van der Waals surface area contributed by atoms with E-state index in [0.29, 0.717) is 22.8 Å². The first kappa shape index (κ1) is 41.7. The number of ether oxygens (including phenoxy) is 4. The molecule has 3 aromatic carbocycles. The predicted molar refractivity (Wildman–Crippen MR) is 222 cm³/mol. The van der Waals surface area contributed by atoms with Gasteiger partial charge in [-0.05, 0) is 66.0 Å². The molecule has 0 saturated carbocycles. The zero-order chi connectivity index (χ0) is 41.3. The summed E-state index contributed by atoms with van der Waals surface area (Å²) in [6.07, 6.45) is -2.48. The van der Waals surface area contributed by atoms with Crippen molar-refractivity contribution in [3.8, 4) is 11.5 Å². The van der Waals surface area contributed by atoms with Gasteiger partial charge in [-0.1, -0.05) is 89.2 Å². The Kier molecular flexibility index (Phi) is 11.8. The van der Waals surface area contributed by atoms with E-state index < -0.39 is 38.0 Å². The number of nitrogens with zero attached hydrogens (tertiary/aromatic N) is 4. The number of imidazole rings is 1. The number of hydrogen-bond acceptors (Lipinski definition) is 10. The number of carbonyl (C=O) groups excluding carboxylic acids is 1. The molecule has 1 aliphatic heterocycles. The average molecular weight is 799 g/mol. The molecule has 1 aliphatic rings. The first-order chi connectivity index (χ1) is 27.0. The highest BCUT2D eigenvalue weighted by atomic mass is 28.4. The molecule has 0 spiro atoms. The lowest BCUT2D eigenvalue weighted by Gasteiger charge is -2.43. The SMILES string of the molecule is CNc1nc(NC(=O)C(C)C)nc2c1ncn2[C@@H]1OC(C)(COC(c2ccccc2)(c2ccc(OC)cc2)c2ccc(OC)cc2)[C@@H](O[Si](C)(C)C(C)(C)C)[C@@H]1F. The van der Waals surface area contributed by atoms with Crippen LogP contribution in [0.5, 0.6) is 11.5 Å². The van der Waals surface area contributed by atoms with Gasteiger partial charge >= 0.3 is 0 Å². The molecule has 6 rings (SSSR count). The van der Waals surface area contributed by atoms with E-state index in [0.717, 1.165) is 16.7 Å². The highest BCUT2D eigenvalue weighted by molar-refractivity contribution is 6.74. The number of fused-ring (bicyclic) bond motifs is 1. The fourth-order valence-corrected chi connectivity index (χ4v) is 8.19. The summed E-state index contributed by atoms with van der Waals surface area (Å²) in [6.45, 7) is 15.9. The van der Waals surface area contributed by atoms with Crippen molar-refractivity contribution in [2.24, 2.45) is 5.92 Å². The molecule has 1 fully saturated rings. The summed E-state index contributed by atoms with van der Waals surface area (Å²) in [4.78, 5) is 26.4. The predicted octanol–water partition coefficient (Wildman–Crippen LogP) is 8.50. The van der Waals surface area contributed by atoms with Crippen LogP contribution in [0.3, 0.4) is 0 Å². The number of hydrogen-bond donors (Lipinski definition) is 2. The molecule has 57 heavy (non-hydrogen) atoms. The van der Waals surface area contributed by atoms with E-state index in [2.05, 4.69) is 59.5 Å². The quantitative estimate of drug-likeness (QED) is 0.0833. The Labute approximate surface area is 335 Å². The lowest BCUT2D eigenvalue weighted by molar-refractivity contribution is -0.148. The molecule has 4 atom stereocenters. The number of alkyl halides is 1. The second-order valence-electron chi connectivity index (χ2n) is 16.5. The molecule has 14 heteroatoms. The third-order valence-corrected chi connectivity index (χ3v) is 15.7. The Bertz CT molecular complexity index is 2110. The smallest absolute Gasteiger partial charge is 0.233 e. The molecule has 2 aromatic heterocycles. The Morgan fingerprint density at radius 2 is 1.49 bits per heavy atom. The summed E-state index contributed by atoms with van der Waals surface area (Å²) in [5.41, 5.74) is 0.635. The molecule has 0 radical (unpaired) electrons. The minimum atomic E-state index is -2.62. The number of aromatic nitrogens is 4. The van der Waals surface area contributed by atoms with Crippen molar-refractivity contribution >= 4 is 37.2 Å². The molecule has 1 saturated heterocycles. The summed E-state index contributed by atoms with van der Waals surface area (Å²) in [5.74, 6) is 1.25. The van der Waals surface area contributed by atoms with E-state index in [-0.39, 0.29) is 35.1 Å². The fraction of sp³-hybridized carbons (Fsp3) is 0.442. The normalized spacial score (nSPS) is 20.2. The van der Waals surface area contributed by atoms with Crippen LogP contribution in [0.15, 0.2) is 85.2 Å². The van der Waals surface area contributed by atoms with E-state index in [9.17, 15) is 4.79 Å². The van der Waals surface area contributed by atoms with Gasteiger partial charge in [-0.25, -0.2) is 9.37 Å². The molecular weight excluding hydrogens is 744 g/mol. The topological polar surface area (TPSA) is 131 Å². The van der Waals surface area contributed by atoms with Gasteiger partial charge in [-0.15, -0.1) is 0 Å². The van der Waals surface area contributed by atoms with E-state index in [4.69, 9.17) is 23.4 Å². The maximum absolute atomic E-state index is 17.6. The van der Waals surface area contributed by atoms with Crippen molar-refractivity contribution in [2.45, 2.75) is 89.4 Å². The summed E-state index contributed by atoms with van der Waals surface area (Å²) in [5, 5.41) is 5.55. The fourth-order valence-electron chi connectivity index (χ4n) is 6.82. The average Bonchev–Trinajstić information content (AvgIpc) is 3.72. The molecule has 1 amide bonds. The second-order valence-corrected chi connectivity index (χ2v) is 21.2. The molecular formula is C43H55FN6O6Si. The summed E-state index contributed by atoms with van der Waals surface area (Å²) >= 11 is 0. The number of methoxy groups -OCH3 is 2. The Morgan fingerprint density at radius 1 is 0.930 bits per heavy atom. The summed E-state index contributed by atoms with van der Waals surface area (Å²) < 4.78 is 51.5. The molecule has 3 heterocycles. The number of nitrogens with one attached hydrogen (secondary N) is 2. The number of anilines is 2. The molecule has 1 unspecified atom stereocenters. The van der Waals surface area contributed by atoms with E-state index in [1.54, 1.807) is 39.7 Å². The Balaban J connectivity index is 1.49. The lowest BCUT2D eigenvalue weighted by Crippen LogP contribution is -2.54. The maximum atomic E-state index is 17.6. The van der Waals surface area contributed by atoms with Crippen molar-refractivity contribution in [1.82, 2.24) is 19.5 Å². The van der Waals surface area contributed by atoms with Crippen LogP contribution in [0.25, 0.3) is 11.2 Å². The van der Waals surface area contributed by atoms with Crippen LogP contribution < -0.4 is 20.1 Å². The molecule has 12 nitrogen and oxygen atoms in total. The molecule has 5 aromatic rings. The minimum absolute atomic E-state index is 0.0625. The highest BCUT2D eigenvalue weighted by Crippen LogP contribution is 2.49. The third kappa shape index (κ3) is 8.00. The van der Waals surface area contributed by atoms with Crippen molar-refractivity contribution in [1.29, 1.82) is 0 Å². The van der Waals surface area contributed by atoms with Crippen LogP contribution in [0, 0.1) is 5.92 Å². The maximum Gasteiger partial charge on any atom is 0.233 e. The zero-order valence-corrected chi connectivity index (χ0v) is 35.7. The van der Waals surface area contributed by atoms with Gasteiger partial charge in [-0.2, -0.15) is 9.97 Å². The van der Waals surface area contributed by atoms with Gasteiger partial charge in [0.05, 0.1) is 27.2 Å². The minimum Gasteiger partial charge on any atom is -0.497 e. The van der Waals surface area contributed by atoms with Gasteiger partial charge in [-0.3, -0.25) is 14.7 Å². The molecule has 2 N–H and O–H groups in total. The number of carbonyl (C=O) groups is 1. The number of amides is 1. The standard InChI is InChI=1S/C43H55FN6O6Si/c1-27(2)38(51)49-40-47-36(45-7)34-37(48-40)50(26-46-34)39-33(44)35(56-57(10,11)41(3,4)5)42(6,55-39)25-54-43(28-15-13-12-14-16-28,29-17-21-31(52-8)22-18-29)30-19-23-32(53-9)24-20-30/h12-24,26-27,33,35,39H,25H2,1-11H3,(H2,45,47,48,49,51)/t33-,35-,39+,42?/m0/s1. The first-order valence-corrected chi connectivity index (χ1v) is 22.1. The van der Waals surface area contributed by atoms with Crippen LogP contribution in [0.1, 0.15) is 64.5 Å². The largest absolute Gasteiger partial charge is 0.497 e. The van der Waals surface area contributed by atoms with Crippen LogP contribution in [0.2, 0.25) is 18.1 Å². The van der Waals surface area contributed by atoms with E-state index >= 15 is 4.39 Å². The van der Waals surface area contributed by atoms with Gasteiger partial charge in [0.1, 0.15) is 28.8 Å². The van der Waals surface area contributed by atoms with Gasteiger partial charge < -0.3 is 28.7 Å². The van der Waals surface area contributed by atoms with Gasteiger partial charge in [0.25, 0.3) is 0 Å². The van der Waals surface area contributed by atoms with Crippen LogP contribution in [-0.4, -0.2) is 79.5 Å². The Morgan fingerprint density at radius 3 is 2.00 bits per heavy atom. The van der Waals surface area contributed by atoms with Crippen molar-refractivity contribution in [2.75, 3.05) is 38.5 Å². The van der Waals surface area contributed by atoms with Crippen molar-refractivity contribution < 1.29 is 32.6 Å². The van der Waals surface area contributed by atoms with E-state index in [1.165, 1.54) is 6.33 Å². The van der Waals surface area contributed by atoms with Gasteiger partial charge in [0, 0.05) is 13.0 Å². The zero-order valence-electron chi connectivity index (χ0n) is 34.7. The number of benzene rings is 3. The molecule has 0 aliphatic carbocycles. The summed E-state index contributed by atoms with van der Waals surface area (Å²) in [6, 6.07) is 25.4. The monoisotopic (exact) mass is 798 g/mol. The Hall–Kier alpha value is -4.89. The lowest BCUT2D eigenvalue weighted by atomic mass is 9.79. The van der Waals surface area contributed by atoms with Crippen molar-refractivity contribution in [3.63, 3.8) is 0 Å². The number of halogens is 1. The van der Waals surface area contributed by atoms with Crippen LogP contribution in [-0.2, 0) is 24.3 Å². The van der Waals surface area contributed by atoms with E-state index in [1.807, 2.05) is 85.8 Å². The highest BCUT2D eigenvalue weighted by Gasteiger charge is 2.59. The number of rotatable bonds is 14. The first-order valence-electron chi connectivity index (χ1n) is 19.2. The van der Waals surface area contributed by atoms with Crippen LogP contribution >= 0.6 is 0 Å². The second kappa shape index (κ2) is 16.2. The van der Waals surface area contributed by atoms with Gasteiger partial charge in [0.15, 0.2) is 37.7 Å². The third-order valence-electron chi connectivity index (χ3n) is 11.2. The van der Waals surface area contributed by atoms with Crippen LogP contribution in [0.4, 0.5) is 16.2 Å². The van der Waals surface area contributed by atoms with Gasteiger partial charge in [0.2, 0.25) is 11.9 Å². The summed E-state index contributed by atoms with van der Waals surface area (Å²) in [7, 11) is 2.33. The molecule has 304 valence electrons. The van der Waals surface area contributed by atoms with Crippen molar-refractivity contribution in [3.05, 3.63) is 102 Å². The molecule has 0 bridgehead atoms.